The van der Waals surface area contributed by atoms with E-state index in [1.54, 1.807) is 31.2 Å². The molecule has 7 heteroatoms. The smallest absolute Gasteiger partial charge is 0.323 e. The number of para-hydroxylation sites is 1. The zero-order valence-corrected chi connectivity index (χ0v) is 12.4. The SMILES string of the molecule is CC(N)(C(=O)Nc1ccccc1SCC(F)(F)F)C1CC1. The molecule has 21 heavy (non-hydrogen) atoms. The van der Waals surface area contributed by atoms with E-state index in [1.165, 1.54) is 0 Å². The molecule has 116 valence electrons. The van der Waals surface area contributed by atoms with E-state index in [9.17, 15) is 18.0 Å². The molecule has 1 aliphatic rings. The van der Waals surface area contributed by atoms with Gasteiger partial charge in [0.15, 0.2) is 0 Å². The van der Waals surface area contributed by atoms with Crippen molar-refractivity contribution in [2.45, 2.75) is 36.4 Å². The summed E-state index contributed by atoms with van der Waals surface area (Å²) < 4.78 is 36.9. The summed E-state index contributed by atoms with van der Waals surface area (Å²) in [5, 5.41) is 2.66. The molecule has 1 saturated carbocycles. The summed E-state index contributed by atoms with van der Waals surface area (Å²) in [6.07, 6.45) is -2.44. The molecule has 0 saturated heterocycles. The third-order valence-electron chi connectivity index (χ3n) is 3.44. The fourth-order valence-corrected chi connectivity index (χ4v) is 2.75. The number of alkyl halides is 3. The zero-order chi connectivity index (χ0) is 15.7. The van der Waals surface area contributed by atoms with Gasteiger partial charge in [-0.25, -0.2) is 0 Å². The van der Waals surface area contributed by atoms with Crippen molar-refractivity contribution in [2.75, 3.05) is 11.1 Å². The van der Waals surface area contributed by atoms with Crippen molar-refractivity contribution >= 4 is 23.4 Å². The van der Waals surface area contributed by atoms with Gasteiger partial charge in [0.1, 0.15) is 0 Å². The molecule has 1 aromatic rings. The molecule has 0 aromatic heterocycles. The van der Waals surface area contributed by atoms with Crippen molar-refractivity contribution in [3.05, 3.63) is 24.3 Å². The zero-order valence-electron chi connectivity index (χ0n) is 11.5. The lowest BCUT2D eigenvalue weighted by atomic mass is 9.96. The van der Waals surface area contributed by atoms with Crippen LogP contribution in [0.1, 0.15) is 19.8 Å². The van der Waals surface area contributed by atoms with E-state index in [0.29, 0.717) is 22.3 Å². The topological polar surface area (TPSA) is 55.1 Å². The summed E-state index contributed by atoms with van der Waals surface area (Å²) in [6.45, 7) is 1.66. The second kappa shape index (κ2) is 5.88. The average molecular weight is 318 g/mol. The number of thioether (sulfide) groups is 1. The number of anilines is 1. The van der Waals surface area contributed by atoms with E-state index in [-0.39, 0.29) is 11.8 Å². The fourth-order valence-electron chi connectivity index (χ4n) is 1.98. The van der Waals surface area contributed by atoms with Gasteiger partial charge in [0.05, 0.1) is 17.0 Å². The van der Waals surface area contributed by atoms with Crippen LogP contribution < -0.4 is 11.1 Å². The van der Waals surface area contributed by atoms with Crippen LogP contribution in [-0.4, -0.2) is 23.4 Å². The van der Waals surface area contributed by atoms with Gasteiger partial charge in [-0.05, 0) is 37.8 Å². The highest BCUT2D eigenvalue weighted by molar-refractivity contribution is 7.99. The number of hydrogen-bond acceptors (Lipinski definition) is 3. The number of rotatable bonds is 5. The predicted molar refractivity (Wildman–Crippen MR) is 77.2 cm³/mol. The summed E-state index contributed by atoms with van der Waals surface area (Å²) in [6, 6.07) is 6.44. The van der Waals surface area contributed by atoms with Gasteiger partial charge in [-0.3, -0.25) is 4.79 Å². The van der Waals surface area contributed by atoms with E-state index >= 15 is 0 Å². The summed E-state index contributed by atoms with van der Waals surface area (Å²) >= 11 is 0.650. The molecule has 0 heterocycles. The van der Waals surface area contributed by atoms with Crippen LogP contribution in [0.4, 0.5) is 18.9 Å². The lowest BCUT2D eigenvalue weighted by molar-refractivity contribution is -0.121. The van der Waals surface area contributed by atoms with Crippen LogP contribution >= 0.6 is 11.8 Å². The minimum atomic E-state index is -4.25. The Balaban J connectivity index is 2.07. The first-order chi connectivity index (χ1) is 9.70. The van der Waals surface area contributed by atoms with Crippen LogP contribution in [-0.2, 0) is 4.79 Å². The largest absolute Gasteiger partial charge is 0.398 e. The molecule has 0 bridgehead atoms. The molecule has 3 nitrogen and oxygen atoms in total. The molecule has 1 unspecified atom stereocenters. The standard InChI is InChI=1S/C14H17F3N2OS/c1-13(18,9-6-7-9)12(20)19-10-4-2-3-5-11(10)21-8-14(15,16)17/h2-5,9H,6-8,18H2,1H3,(H,19,20). The number of carbonyl (C=O) groups is 1. The fraction of sp³-hybridized carbons (Fsp3) is 0.500. The highest BCUT2D eigenvalue weighted by Crippen LogP contribution is 2.39. The maximum absolute atomic E-state index is 12.3. The quantitative estimate of drug-likeness (QED) is 0.818. The Morgan fingerprint density at radius 3 is 2.57 bits per heavy atom. The second-order valence-electron chi connectivity index (χ2n) is 5.41. The van der Waals surface area contributed by atoms with Gasteiger partial charge in [-0.15, -0.1) is 11.8 Å². The van der Waals surface area contributed by atoms with Crippen LogP contribution in [0.15, 0.2) is 29.2 Å². The number of benzene rings is 1. The van der Waals surface area contributed by atoms with E-state index < -0.39 is 17.5 Å². The molecular weight excluding hydrogens is 301 g/mol. The molecule has 1 atom stereocenters. The summed E-state index contributed by atoms with van der Waals surface area (Å²) in [5.74, 6) is -1.21. The normalized spacial score (nSPS) is 18.1. The molecule has 0 aliphatic heterocycles. The van der Waals surface area contributed by atoms with Gasteiger partial charge < -0.3 is 11.1 Å². The van der Waals surface area contributed by atoms with Gasteiger partial charge in [-0.2, -0.15) is 13.2 Å². The van der Waals surface area contributed by atoms with Crippen LogP contribution in [0.25, 0.3) is 0 Å². The van der Waals surface area contributed by atoms with Gasteiger partial charge >= 0.3 is 6.18 Å². The maximum atomic E-state index is 12.3. The highest BCUT2D eigenvalue weighted by Gasteiger charge is 2.44. The van der Waals surface area contributed by atoms with Crippen molar-refractivity contribution in [3.63, 3.8) is 0 Å². The van der Waals surface area contributed by atoms with Crippen molar-refractivity contribution in [1.82, 2.24) is 0 Å². The summed E-state index contributed by atoms with van der Waals surface area (Å²) in [5.41, 5.74) is 5.39. The Labute approximate surface area is 125 Å². The average Bonchev–Trinajstić information content (AvgIpc) is 3.21. The van der Waals surface area contributed by atoms with E-state index in [4.69, 9.17) is 5.73 Å². The summed E-state index contributed by atoms with van der Waals surface area (Å²) in [7, 11) is 0. The van der Waals surface area contributed by atoms with Crippen molar-refractivity contribution in [1.29, 1.82) is 0 Å². The number of nitrogens with two attached hydrogens (primary N) is 1. The number of carbonyl (C=O) groups excluding carboxylic acids is 1. The molecule has 1 aliphatic carbocycles. The van der Waals surface area contributed by atoms with Crippen LogP contribution in [0.5, 0.6) is 0 Å². The van der Waals surface area contributed by atoms with Gasteiger partial charge in [-0.1, -0.05) is 12.1 Å². The number of hydrogen-bond donors (Lipinski definition) is 2. The molecular formula is C14H17F3N2OS. The van der Waals surface area contributed by atoms with Crippen LogP contribution in [0.2, 0.25) is 0 Å². The van der Waals surface area contributed by atoms with Crippen molar-refractivity contribution < 1.29 is 18.0 Å². The lowest BCUT2D eigenvalue weighted by Crippen LogP contribution is -2.50. The monoisotopic (exact) mass is 318 g/mol. The third kappa shape index (κ3) is 4.38. The highest BCUT2D eigenvalue weighted by atomic mass is 32.2. The van der Waals surface area contributed by atoms with Crippen molar-refractivity contribution in [2.24, 2.45) is 11.7 Å². The minimum Gasteiger partial charge on any atom is -0.323 e. The van der Waals surface area contributed by atoms with Crippen molar-refractivity contribution in [3.8, 4) is 0 Å². The first-order valence-corrected chi connectivity index (χ1v) is 7.57. The molecule has 1 fully saturated rings. The Bertz CT molecular complexity index is 527. The van der Waals surface area contributed by atoms with E-state index in [0.717, 1.165) is 12.8 Å². The second-order valence-corrected chi connectivity index (χ2v) is 6.43. The van der Waals surface area contributed by atoms with E-state index in [1.807, 2.05) is 0 Å². The molecule has 0 spiro atoms. The van der Waals surface area contributed by atoms with Crippen LogP contribution in [0, 0.1) is 5.92 Å². The molecule has 0 radical (unpaired) electrons. The Morgan fingerprint density at radius 1 is 1.38 bits per heavy atom. The predicted octanol–water partition coefficient (Wildman–Crippen LogP) is 3.41. The Hall–Kier alpha value is -1.21. The lowest BCUT2D eigenvalue weighted by Gasteiger charge is -2.24. The van der Waals surface area contributed by atoms with Crippen LogP contribution in [0.3, 0.4) is 0 Å². The molecule has 1 amide bonds. The van der Waals surface area contributed by atoms with E-state index in [2.05, 4.69) is 5.32 Å². The Morgan fingerprint density at radius 2 is 2.00 bits per heavy atom. The molecule has 3 N–H and O–H groups in total. The number of nitrogens with one attached hydrogen (secondary N) is 1. The molecule has 2 rings (SSSR count). The minimum absolute atomic E-state index is 0.146. The first kappa shape index (κ1) is 16.2. The van der Waals surface area contributed by atoms with Gasteiger partial charge in [0.25, 0.3) is 0 Å². The van der Waals surface area contributed by atoms with Gasteiger partial charge in [0, 0.05) is 4.90 Å². The van der Waals surface area contributed by atoms with Gasteiger partial charge in [0.2, 0.25) is 5.91 Å². The molecule has 1 aromatic carbocycles. The maximum Gasteiger partial charge on any atom is 0.398 e. The number of amides is 1. The third-order valence-corrected chi connectivity index (χ3v) is 4.58. The first-order valence-electron chi connectivity index (χ1n) is 6.59. The number of halogens is 3. The Kier molecular flexibility index (Phi) is 4.53. The summed E-state index contributed by atoms with van der Waals surface area (Å²) in [4.78, 5) is 12.6.